The van der Waals surface area contributed by atoms with E-state index in [9.17, 15) is 30.3 Å². The summed E-state index contributed by atoms with van der Waals surface area (Å²) in [5, 5.41) is 64.1. The highest BCUT2D eigenvalue weighted by molar-refractivity contribution is 5.79. The van der Waals surface area contributed by atoms with Gasteiger partial charge in [0.25, 0.3) is 0 Å². The molecule has 6 saturated heterocycles. The Morgan fingerprint density at radius 2 is 1.76 bits per heavy atom. The summed E-state index contributed by atoms with van der Waals surface area (Å²) in [6.45, 7) is 14.4. The van der Waals surface area contributed by atoms with Crippen molar-refractivity contribution in [3.05, 3.63) is 48.3 Å². The van der Waals surface area contributed by atoms with Gasteiger partial charge in [0.1, 0.15) is 24.4 Å². The summed E-state index contributed by atoms with van der Waals surface area (Å²) in [5.41, 5.74) is -0.447. The van der Waals surface area contributed by atoms with Crippen LogP contribution in [0.1, 0.15) is 150 Å². The van der Waals surface area contributed by atoms with E-state index in [1.165, 1.54) is 13.2 Å². The largest absolute Gasteiger partial charge is 0.433 e. The lowest BCUT2D eigenvalue weighted by Gasteiger charge is -2.50. The van der Waals surface area contributed by atoms with Gasteiger partial charge in [-0.3, -0.25) is 0 Å². The van der Waals surface area contributed by atoms with E-state index in [2.05, 4.69) is 33.4 Å². The van der Waals surface area contributed by atoms with Crippen LogP contribution in [0.15, 0.2) is 48.3 Å². The molecule has 0 bridgehead atoms. The maximum Gasteiger partial charge on any atom is 0.342 e. The third-order valence-corrected chi connectivity index (χ3v) is 15.6. The summed E-state index contributed by atoms with van der Waals surface area (Å²) in [6.07, 6.45) is 14.1. The van der Waals surface area contributed by atoms with Crippen LogP contribution in [0, 0.1) is 17.8 Å². The predicted molar refractivity (Wildman–Crippen MR) is 247 cm³/mol. The number of esters is 1. The van der Waals surface area contributed by atoms with Crippen molar-refractivity contribution in [3.8, 4) is 0 Å². The second-order valence-corrected chi connectivity index (χ2v) is 21.5. The topological polar surface area (TPSA) is 212 Å². The number of unbranched alkanes of at least 4 members (excludes halogenated alkanes) is 2. The molecule has 0 aromatic carbocycles. The van der Waals surface area contributed by atoms with E-state index in [1.807, 2.05) is 19.1 Å². The van der Waals surface area contributed by atoms with Crippen molar-refractivity contribution in [2.24, 2.45) is 17.8 Å². The molecule has 0 amide bonds. The fraction of sp³-hybridized carbons (Fsp3) is 0.827. The van der Waals surface area contributed by atoms with Crippen molar-refractivity contribution < 1.29 is 73.3 Å². The van der Waals surface area contributed by atoms with Crippen LogP contribution in [0.25, 0.3) is 0 Å². The van der Waals surface area contributed by atoms with E-state index in [0.717, 1.165) is 57.1 Å². The average Bonchev–Trinajstić information content (AvgIpc) is 3.69. The molecule has 15 nitrogen and oxygen atoms in total. The monoisotopic (exact) mass is 947 g/mol. The fourth-order valence-electron chi connectivity index (χ4n) is 11.6. The molecule has 15 heteroatoms. The number of aliphatic hydroxyl groups excluding tert-OH is 5. The highest BCUT2D eigenvalue weighted by Gasteiger charge is 2.55. The van der Waals surface area contributed by atoms with Gasteiger partial charge in [0.2, 0.25) is 5.79 Å². The standard InChI is InChI=1S/C52H82O15/c1-32-27-42(65-52(29-32)43(56)17-16-39(64-52)30-49(6,59)48(58)60-25-11-8-7-9-13-37(54)31-53)33(2)14-15-38-19-23-51(63-38)24-20-41-47(67-51)44(57)36(5)46(62-41)40(55)28-35(4)45-34(3)18-22-50(66-45)21-10-12-26-61-50/h11,14-15,25,29,33-35,37-47,53-57,59H,5,7-10,12-13,16-24,26-28,30-31H2,1-4,6H3/b15-14+,25-11+/t33-,34-,35+,37?,38+,39+,40+,41-,42+,43-,44-,45+,46+,47-,49-,50+,51-,52-/m1/s1. The molecule has 0 radical (unpaired) electrons. The van der Waals surface area contributed by atoms with Crippen molar-refractivity contribution in [1.82, 2.24) is 0 Å². The molecule has 7 heterocycles. The Bertz CT molecular complexity index is 1740. The number of rotatable bonds is 17. The van der Waals surface area contributed by atoms with Gasteiger partial charge in [-0.1, -0.05) is 51.5 Å². The van der Waals surface area contributed by atoms with Crippen LogP contribution >= 0.6 is 0 Å². The molecule has 6 N–H and O–H groups in total. The normalized spacial score (nSPS) is 41.0. The van der Waals surface area contributed by atoms with Gasteiger partial charge in [-0.05, 0) is 120 Å². The maximum atomic E-state index is 12.9. The van der Waals surface area contributed by atoms with Crippen LogP contribution in [-0.4, -0.2) is 140 Å². The number of allylic oxidation sites excluding steroid dienone is 1. The Labute approximate surface area is 397 Å². The molecule has 18 atom stereocenters. The summed E-state index contributed by atoms with van der Waals surface area (Å²) in [6, 6.07) is 0. The van der Waals surface area contributed by atoms with E-state index >= 15 is 0 Å². The second kappa shape index (κ2) is 22.5. The minimum Gasteiger partial charge on any atom is -0.433 e. The van der Waals surface area contributed by atoms with Crippen LogP contribution in [0.5, 0.6) is 0 Å². The lowest BCUT2D eigenvalue weighted by Crippen LogP contribution is -2.60. The minimum atomic E-state index is -1.85. The lowest BCUT2D eigenvalue weighted by atomic mass is 9.79. The SMILES string of the molecule is C=C1[C@@H](O)[C@@H]2O[C@]3(CC[C@H](/C=C/[C@@H](C)[C@@H]4CC(C)=C[C@@]5(O[C@H](C[C@@](C)(O)C(=O)O/C=C/CCCCC(O)CO)CC[C@H]5O)O4)O3)CC[C@H]2O[C@@H]1[C@@H](O)C[C@H](C)[C@H]1O[C@@]2(CCCCO2)CC[C@H]1C. The molecule has 380 valence electrons. The van der Waals surface area contributed by atoms with Crippen molar-refractivity contribution in [2.75, 3.05) is 13.2 Å². The number of carbonyl (C=O) groups is 1. The first-order valence-electron chi connectivity index (χ1n) is 25.5. The van der Waals surface area contributed by atoms with Crippen LogP contribution in [0.2, 0.25) is 0 Å². The molecule has 7 rings (SSSR count). The van der Waals surface area contributed by atoms with Gasteiger partial charge < -0.3 is 68.5 Å². The molecule has 7 aliphatic heterocycles. The first-order valence-corrected chi connectivity index (χ1v) is 25.5. The van der Waals surface area contributed by atoms with Crippen LogP contribution < -0.4 is 0 Å². The first kappa shape index (κ1) is 52.7. The number of hydrogen-bond acceptors (Lipinski definition) is 15. The molecule has 67 heavy (non-hydrogen) atoms. The average molecular weight is 947 g/mol. The molecule has 0 aromatic heterocycles. The Morgan fingerprint density at radius 3 is 2.52 bits per heavy atom. The number of aliphatic hydroxyl groups is 6. The van der Waals surface area contributed by atoms with Crippen LogP contribution in [0.4, 0.5) is 0 Å². The number of hydrogen-bond donors (Lipinski definition) is 6. The summed E-state index contributed by atoms with van der Waals surface area (Å²) in [4.78, 5) is 12.9. The van der Waals surface area contributed by atoms with E-state index in [0.29, 0.717) is 75.7 Å². The number of carbonyl (C=O) groups excluding carboxylic acids is 1. The predicted octanol–water partition coefficient (Wildman–Crippen LogP) is 6.10. The van der Waals surface area contributed by atoms with E-state index in [-0.39, 0.29) is 43.2 Å². The summed E-state index contributed by atoms with van der Waals surface area (Å²) >= 11 is 0. The molecular weight excluding hydrogens is 865 g/mol. The smallest absolute Gasteiger partial charge is 0.342 e. The van der Waals surface area contributed by atoms with E-state index < -0.39 is 77.8 Å². The molecule has 6 fully saturated rings. The third-order valence-electron chi connectivity index (χ3n) is 15.6. The zero-order valence-corrected chi connectivity index (χ0v) is 40.7. The van der Waals surface area contributed by atoms with Gasteiger partial charge in [0.05, 0.1) is 62.2 Å². The Morgan fingerprint density at radius 1 is 0.985 bits per heavy atom. The molecule has 0 aromatic rings. The van der Waals surface area contributed by atoms with Crippen molar-refractivity contribution in [1.29, 1.82) is 0 Å². The fourth-order valence-corrected chi connectivity index (χ4v) is 11.6. The Kier molecular flexibility index (Phi) is 17.7. The van der Waals surface area contributed by atoms with Gasteiger partial charge in [0.15, 0.2) is 17.2 Å². The van der Waals surface area contributed by atoms with Crippen molar-refractivity contribution >= 4 is 5.97 Å². The molecule has 0 aliphatic carbocycles. The summed E-state index contributed by atoms with van der Waals surface area (Å²) in [5.74, 6) is -3.38. The van der Waals surface area contributed by atoms with E-state index in [1.54, 1.807) is 6.08 Å². The molecule has 7 aliphatic rings. The van der Waals surface area contributed by atoms with E-state index in [4.69, 9.17) is 43.0 Å². The van der Waals surface area contributed by atoms with Gasteiger partial charge in [0, 0.05) is 38.0 Å². The molecule has 0 saturated carbocycles. The van der Waals surface area contributed by atoms with Gasteiger partial charge in [-0.2, -0.15) is 0 Å². The molecule has 3 spiro atoms. The number of fused-ring (bicyclic) bond motifs is 1. The quantitative estimate of drug-likeness (QED) is 0.0421. The zero-order chi connectivity index (χ0) is 48.1. The zero-order valence-electron chi connectivity index (χ0n) is 40.7. The maximum absolute atomic E-state index is 12.9. The van der Waals surface area contributed by atoms with Crippen LogP contribution in [-0.2, 0) is 42.7 Å². The van der Waals surface area contributed by atoms with Gasteiger partial charge >= 0.3 is 5.97 Å². The summed E-state index contributed by atoms with van der Waals surface area (Å²) < 4.78 is 50.9. The van der Waals surface area contributed by atoms with Crippen LogP contribution in [0.3, 0.4) is 0 Å². The molecule has 1 unspecified atom stereocenters. The lowest BCUT2D eigenvalue weighted by molar-refractivity contribution is -0.321. The van der Waals surface area contributed by atoms with Gasteiger partial charge in [-0.25, -0.2) is 4.79 Å². The third kappa shape index (κ3) is 12.7. The Balaban J connectivity index is 0.881. The second-order valence-electron chi connectivity index (χ2n) is 21.5. The first-order chi connectivity index (χ1) is 31.9. The molecular formula is C52H82O15. The minimum absolute atomic E-state index is 0.0424. The highest BCUT2D eigenvalue weighted by atomic mass is 16.7. The summed E-state index contributed by atoms with van der Waals surface area (Å²) in [7, 11) is 0. The van der Waals surface area contributed by atoms with Crippen molar-refractivity contribution in [2.45, 2.75) is 240 Å². The Hall–Kier alpha value is -2.09. The number of ether oxygens (including phenoxy) is 8. The van der Waals surface area contributed by atoms with Gasteiger partial charge in [-0.15, -0.1) is 0 Å². The highest BCUT2D eigenvalue weighted by Crippen LogP contribution is 2.47. The van der Waals surface area contributed by atoms with Crippen molar-refractivity contribution in [3.63, 3.8) is 0 Å².